The quantitative estimate of drug-likeness (QED) is 0.785. The van der Waals surface area contributed by atoms with Gasteiger partial charge in [-0.05, 0) is 48.8 Å². The molecule has 2 bridgehead atoms. The standard InChI is InChI=1S/C22H26N2O2S/c25-21(16-5-2-1-3-6-16)23-12-15-11-17(14-23)19-9-8-18(20-7-4-10-27-20)22(26)24(19)13-15/h4,7-10,15-17H,1-3,5-6,11-14H2. The molecule has 2 aliphatic heterocycles. The number of nitrogens with zero attached hydrogens (tertiary/aromatic N) is 2. The van der Waals surface area contributed by atoms with Crippen molar-refractivity contribution in [3.05, 3.63) is 45.7 Å². The molecule has 2 unspecified atom stereocenters. The minimum absolute atomic E-state index is 0.136. The highest BCUT2D eigenvalue weighted by molar-refractivity contribution is 7.13. The van der Waals surface area contributed by atoms with Crippen LogP contribution in [0.15, 0.2) is 34.4 Å². The number of aromatic nitrogens is 1. The monoisotopic (exact) mass is 382 g/mol. The summed E-state index contributed by atoms with van der Waals surface area (Å²) in [6, 6.07) is 8.13. The number of piperidine rings is 1. The summed E-state index contributed by atoms with van der Waals surface area (Å²) in [4.78, 5) is 29.3. The molecule has 2 atom stereocenters. The Morgan fingerprint density at radius 2 is 1.89 bits per heavy atom. The summed E-state index contributed by atoms with van der Waals surface area (Å²) >= 11 is 1.62. The third kappa shape index (κ3) is 3.06. The van der Waals surface area contributed by atoms with E-state index in [2.05, 4.69) is 11.0 Å². The second-order valence-corrected chi connectivity index (χ2v) is 9.39. The van der Waals surface area contributed by atoms with Crippen LogP contribution in [0.3, 0.4) is 0 Å². The van der Waals surface area contributed by atoms with Gasteiger partial charge in [0.25, 0.3) is 5.56 Å². The molecule has 5 heteroatoms. The molecule has 2 fully saturated rings. The molecule has 5 rings (SSSR count). The molecular formula is C22H26N2O2S. The Kier molecular flexibility index (Phi) is 4.43. The van der Waals surface area contributed by atoms with E-state index in [0.717, 1.165) is 55.0 Å². The van der Waals surface area contributed by atoms with Gasteiger partial charge in [-0.3, -0.25) is 9.59 Å². The second-order valence-electron chi connectivity index (χ2n) is 8.44. The average Bonchev–Trinajstić information content (AvgIpc) is 3.23. The van der Waals surface area contributed by atoms with E-state index in [1.54, 1.807) is 11.3 Å². The van der Waals surface area contributed by atoms with Crippen molar-refractivity contribution in [2.75, 3.05) is 13.1 Å². The molecule has 0 spiro atoms. The van der Waals surface area contributed by atoms with Gasteiger partial charge in [0.2, 0.25) is 5.91 Å². The Balaban J connectivity index is 1.42. The molecule has 3 aliphatic rings. The average molecular weight is 383 g/mol. The van der Waals surface area contributed by atoms with Crippen LogP contribution in [0.25, 0.3) is 10.4 Å². The number of likely N-dealkylation sites (tertiary alicyclic amines) is 1. The highest BCUT2D eigenvalue weighted by atomic mass is 32.1. The smallest absolute Gasteiger partial charge is 0.259 e. The molecule has 1 saturated carbocycles. The second kappa shape index (κ2) is 6.93. The Morgan fingerprint density at radius 3 is 2.67 bits per heavy atom. The molecule has 4 heterocycles. The van der Waals surface area contributed by atoms with E-state index < -0.39 is 0 Å². The number of pyridine rings is 1. The van der Waals surface area contributed by atoms with E-state index >= 15 is 0 Å². The summed E-state index contributed by atoms with van der Waals surface area (Å²) in [6.07, 6.45) is 6.89. The molecule has 0 radical (unpaired) electrons. The fourth-order valence-electron chi connectivity index (χ4n) is 5.35. The van der Waals surface area contributed by atoms with Crippen molar-refractivity contribution in [2.24, 2.45) is 11.8 Å². The zero-order chi connectivity index (χ0) is 18.4. The van der Waals surface area contributed by atoms with Crippen LogP contribution < -0.4 is 5.56 Å². The van der Waals surface area contributed by atoms with Crippen LogP contribution in [-0.4, -0.2) is 28.5 Å². The van der Waals surface area contributed by atoms with Crippen LogP contribution in [-0.2, 0) is 11.3 Å². The number of hydrogen-bond donors (Lipinski definition) is 0. The maximum absolute atomic E-state index is 13.1. The molecule has 4 nitrogen and oxygen atoms in total. The SMILES string of the molecule is O=C(C1CCCCC1)N1CC2CC(C1)c1ccc(-c3cccs3)c(=O)n1C2. The first-order valence-corrected chi connectivity index (χ1v) is 11.1. The first kappa shape index (κ1) is 17.2. The molecule has 2 aromatic heterocycles. The van der Waals surface area contributed by atoms with Gasteiger partial charge in [0.15, 0.2) is 0 Å². The van der Waals surface area contributed by atoms with Crippen molar-refractivity contribution in [1.82, 2.24) is 9.47 Å². The predicted octanol–water partition coefficient (Wildman–Crippen LogP) is 4.10. The van der Waals surface area contributed by atoms with Gasteiger partial charge in [-0.25, -0.2) is 0 Å². The minimum Gasteiger partial charge on any atom is -0.341 e. The summed E-state index contributed by atoms with van der Waals surface area (Å²) < 4.78 is 2.00. The summed E-state index contributed by atoms with van der Waals surface area (Å²) in [5.41, 5.74) is 2.07. The van der Waals surface area contributed by atoms with Crippen molar-refractivity contribution < 1.29 is 4.79 Å². The van der Waals surface area contributed by atoms with Crippen molar-refractivity contribution in [3.63, 3.8) is 0 Å². The van der Waals surface area contributed by atoms with Crippen LogP contribution in [0.5, 0.6) is 0 Å². The summed E-state index contributed by atoms with van der Waals surface area (Å²) in [6.45, 7) is 2.35. The van der Waals surface area contributed by atoms with E-state index in [0.29, 0.717) is 17.7 Å². The number of hydrogen-bond acceptors (Lipinski definition) is 3. The van der Waals surface area contributed by atoms with Crippen LogP contribution in [0, 0.1) is 11.8 Å². The largest absolute Gasteiger partial charge is 0.341 e. The fraction of sp³-hybridized carbons (Fsp3) is 0.545. The van der Waals surface area contributed by atoms with Crippen LogP contribution >= 0.6 is 11.3 Å². The van der Waals surface area contributed by atoms with Gasteiger partial charge in [0.05, 0.1) is 5.56 Å². The summed E-state index contributed by atoms with van der Waals surface area (Å²) in [7, 11) is 0. The maximum atomic E-state index is 13.1. The van der Waals surface area contributed by atoms with E-state index in [-0.39, 0.29) is 11.5 Å². The van der Waals surface area contributed by atoms with E-state index in [1.807, 2.05) is 28.1 Å². The molecule has 2 aromatic rings. The number of fused-ring (bicyclic) bond motifs is 4. The number of amides is 1. The number of rotatable bonds is 2. The number of carbonyl (C=O) groups is 1. The minimum atomic E-state index is 0.136. The summed E-state index contributed by atoms with van der Waals surface area (Å²) in [5.74, 6) is 1.31. The molecule has 0 N–H and O–H groups in total. The van der Waals surface area contributed by atoms with Crippen LogP contribution in [0.2, 0.25) is 0 Å². The normalized spacial score (nSPS) is 25.3. The first-order valence-electron chi connectivity index (χ1n) is 10.3. The topological polar surface area (TPSA) is 42.3 Å². The number of carbonyl (C=O) groups excluding carboxylic acids is 1. The van der Waals surface area contributed by atoms with E-state index in [9.17, 15) is 9.59 Å². The van der Waals surface area contributed by atoms with Crippen LogP contribution in [0.4, 0.5) is 0 Å². The van der Waals surface area contributed by atoms with Gasteiger partial charge < -0.3 is 9.47 Å². The van der Waals surface area contributed by atoms with Crippen LogP contribution in [0.1, 0.15) is 50.1 Å². The molecule has 1 saturated heterocycles. The zero-order valence-corrected chi connectivity index (χ0v) is 16.4. The lowest BCUT2D eigenvalue weighted by Gasteiger charge is -2.44. The van der Waals surface area contributed by atoms with Crippen molar-refractivity contribution in [1.29, 1.82) is 0 Å². The molecule has 0 aromatic carbocycles. The van der Waals surface area contributed by atoms with Crippen molar-refractivity contribution in [3.8, 4) is 10.4 Å². The lowest BCUT2D eigenvalue weighted by Crippen LogP contribution is -2.50. The van der Waals surface area contributed by atoms with Crippen molar-refractivity contribution in [2.45, 2.75) is 51.0 Å². The molecule has 142 valence electrons. The van der Waals surface area contributed by atoms with Gasteiger partial charge >= 0.3 is 0 Å². The third-order valence-corrected chi connectivity index (χ3v) is 7.56. The summed E-state index contributed by atoms with van der Waals surface area (Å²) in [5, 5.41) is 2.02. The van der Waals surface area contributed by atoms with Gasteiger partial charge in [-0.2, -0.15) is 0 Å². The molecule has 27 heavy (non-hydrogen) atoms. The molecule has 1 amide bonds. The highest BCUT2D eigenvalue weighted by Gasteiger charge is 2.38. The maximum Gasteiger partial charge on any atom is 0.259 e. The molecular weight excluding hydrogens is 356 g/mol. The lowest BCUT2D eigenvalue weighted by atomic mass is 9.81. The van der Waals surface area contributed by atoms with Crippen molar-refractivity contribution >= 4 is 17.2 Å². The van der Waals surface area contributed by atoms with E-state index in [4.69, 9.17) is 0 Å². The van der Waals surface area contributed by atoms with Gasteiger partial charge in [0.1, 0.15) is 0 Å². The first-order chi connectivity index (χ1) is 13.2. The third-order valence-electron chi connectivity index (χ3n) is 6.66. The Bertz CT molecular complexity index is 896. The Labute approximate surface area is 163 Å². The van der Waals surface area contributed by atoms with E-state index in [1.165, 1.54) is 19.3 Å². The predicted molar refractivity (Wildman–Crippen MR) is 108 cm³/mol. The Morgan fingerprint density at radius 1 is 1.04 bits per heavy atom. The number of thiophene rings is 1. The van der Waals surface area contributed by atoms with Gasteiger partial charge in [-0.1, -0.05) is 25.3 Å². The fourth-order valence-corrected chi connectivity index (χ4v) is 6.10. The molecule has 1 aliphatic carbocycles. The van der Waals surface area contributed by atoms with Gasteiger partial charge in [0, 0.05) is 42.0 Å². The Hall–Kier alpha value is -1.88. The highest BCUT2D eigenvalue weighted by Crippen LogP contribution is 2.37. The van der Waals surface area contributed by atoms with Gasteiger partial charge in [-0.15, -0.1) is 11.3 Å². The zero-order valence-electron chi connectivity index (χ0n) is 15.6. The lowest BCUT2D eigenvalue weighted by molar-refractivity contribution is -0.139.